The topological polar surface area (TPSA) is 39.1 Å². The molecule has 2 fully saturated rings. The van der Waals surface area contributed by atoms with E-state index in [2.05, 4.69) is 23.3 Å². The summed E-state index contributed by atoms with van der Waals surface area (Å²) < 4.78 is 0. The van der Waals surface area contributed by atoms with E-state index in [1.165, 1.54) is 12.8 Å². The summed E-state index contributed by atoms with van der Waals surface area (Å²) in [7, 11) is 2.20. The molecule has 2 unspecified atom stereocenters. The number of nitrogens with one attached hydrogen (secondary N) is 1. The lowest BCUT2D eigenvalue weighted by atomic mass is 9.84. The van der Waals surface area contributed by atoms with Crippen molar-refractivity contribution in [2.45, 2.75) is 43.3 Å². The maximum absolute atomic E-state index is 9.62. The number of para-hydroxylation sites is 1. The average Bonchev–Trinajstić information content (AvgIpc) is 2.64. The second-order valence-corrected chi connectivity index (χ2v) is 5.64. The molecule has 1 aromatic carbocycles. The lowest BCUT2D eigenvalue weighted by Crippen LogP contribution is -2.52. The Hall–Kier alpha value is -1.53. The summed E-state index contributed by atoms with van der Waals surface area (Å²) in [6.45, 7) is 0. The van der Waals surface area contributed by atoms with Crippen LogP contribution in [-0.4, -0.2) is 29.6 Å². The van der Waals surface area contributed by atoms with Crippen LogP contribution in [0.5, 0.6) is 0 Å². The maximum Gasteiger partial charge on any atom is 0.128 e. The molecule has 2 aliphatic heterocycles. The highest BCUT2D eigenvalue weighted by Gasteiger charge is 2.47. The molecule has 2 aliphatic rings. The third-order valence-corrected chi connectivity index (χ3v) is 4.52. The molecular formula is C15H19N3. The number of benzene rings is 1. The van der Waals surface area contributed by atoms with Gasteiger partial charge in [0, 0.05) is 17.8 Å². The van der Waals surface area contributed by atoms with Crippen LogP contribution in [0.2, 0.25) is 0 Å². The maximum atomic E-state index is 9.62. The van der Waals surface area contributed by atoms with Crippen molar-refractivity contribution in [3.8, 4) is 6.07 Å². The molecule has 18 heavy (non-hydrogen) atoms. The summed E-state index contributed by atoms with van der Waals surface area (Å²) in [6, 6.07) is 13.8. The van der Waals surface area contributed by atoms with Crippen LogP contribution >= 0.6 is 0 Å². The molecule has 2 saturated heterocycles. The Bertz CT molecular complexity index is 448. The van der Waals surface area contributed by atoms with E-state index in [1.54, 1.807) is 0 Å². The lowest BCUT2D eigenvalue weighted by Gasteiger charge is -2.42. The molecular weight excluding hydrogens is 222 g/mol. The first-order valence-electron chi connectivity index (χ1n) is 6.69. The van der Waals surface area contributed by atoms with Crippen LogP contribution in [0.4, 0.5) is 5.69 Å². The molecule has 3 rings (SSSR count). The SMILES string of the molecule is CN1C2CCC1CC(C#N)(Nc1ccccc1)C2. The minimum absolute atomic E-state index is 0.375. The zero-order valence-corrected chi connectivity index (χ0v) is 10.8. The van der Waals surface area contributed by atoms with E-state index in [0.717, 1.165) is 18.5 Å². The Labute approximate surface area is 108 Å². The van der Waals surface area contributed by atoms with Crippen molar-refractivity contribution in [1.29, 1.82) is 5.26 Å². The fourth-order valence-corrected chi connectivity index (χ4v) is 3.49. The monoisotopic (exact) mass is 241 g/mol. The molecule has 2 bridgehead atoms. The van der Waals surface area contributed by atoms with Crippen molar-refractivity contribution in [3.63, 3.8) is 0 Å². The summed E-state index contributed by atoms with van der Waals surface area (Å²) in [5.41, 5.74) is 0.683. The molecule has 1 N–H and O–H groups in total. The highest BCUT2D eigenvalue weighted by atomic mass is 15.2. The number of fused-ring (bicyclic) bond motifs is 2. The molecule has 0 aliphatic carbocycles. The Morgan fingerprint density at radius 2 is 1.83 bits per heavy atom. The fourth-order valence-electron chi connectivity index (χ4n) is 3.49. The van der Waals surface area contributed by atoms with Gasteiger partial charge in [-0.3, -0.25) is 0 Å². The zero-order valence-electron chi connectivity index (χ0n) is 10.8. The van der Waals surface area contributed by atoms with Gasteiger partial charge >= 0.3 is 0 Å². The predicted octanol–water partition coefficient (Wildman–Crippen LogP) is 2.62. The number of nitriles is 1. The van der Waals surface area contributed by atoms with Gasteiger partial charge in [0.05, 0.1) is 6.07 Å². The Balaban J connectivity index is 1.83. The molecule has 2 heterocycles. The van der Waals surface area contributed by atoms with E-state index in [0.29, 0.717) is 12.1 Å². The van der Waals surface area contributed by atoms with E-state index < -0.39 is 0 Å². The van der Waals surface area contributed by atoms with Crippen LogP contribution in [0.25, 0.3) is 0 Å². The van der Waals surface area contributed by atoms with Crippen molar-refractivity contribution in [1.82, 2.24) is 4.90 Å². The van der Waals surface area contributed by atoms with Gasteiger partial charge in [-0.1, -0.05) is 18.2 Å². The van der Waals surface area contributed by atoms with Gasteiger partial charge in [0.15, 0.2) is 0 Å². The van der Waals surface area contributed by atoms with E-state index in [9.17, 15) is 5.26 Å². The van der Waals surface area contributed by atoms with E-state index >= 15 is 0 Å². The summed E-state index contributed by atoms with van der Waals surface area (Å²) in [5, 5.41) is 13.1. The largest absolute Gasteiger partial charge is 0.367 e. The number of hydrogen-bond donors (Lipinski definition) is 1. The first-order chi connectivity index (χ1) is 8.72. The van der Waals surface area contributed by atoms with Gasteiger partial charge in [0.1, 0.15) is 5.54 Å². The van der Waals surface area contributed by atoms with Crippen LogP contribution in [-0.2, 0) is 0 Å². The van der Waals surface area contributed by atoms with Gasteiger partial charge in [-0.15, -0.1) is 0 Å². The number of piperidine rings is 1. The summed E-state index contributed by atoms with van der Waals surface area (Å²) in [5.74, 6) is 0. The molecule has 94 valence electrons. The van der Waals surface area contributed by atoms with Crippen molar-refractivity contribution in [2.75, 3.05) is 12.4 Å². The molecule has 0 spiro atoms. The van der Waals surface area contributed by atoms with E-state index in [-0.39, 0.29) is 5.54 Å². The number of hydrogen-bond acceptors (Lipinski definition) is 3. The van der Waals surface area contributed by atoms with Crippen molar-refractivity contribution >= 4 is 5.69 Å². The standard InChI is InChI=1S/C15H19N3/c1-18-13-7-8-14(18)10-15(9-13,11-16)17-12-5-3-2-4-6-12/h2-6,13-14,17H,7-10H2,1H3. The Morgan fingerprint density at radius 3 is 2.39 bits per heavy atom. The van der Waals surface area contributed by atoms with Crippen LogP contribution in [0.1, 0.15) is 25.7 Å². The second-order valence-electron chi connectivity index (χ2n) is 5.64. The quantitative estimate of drug-likeness (QED) is 0.865. The normalized spacial score (nSPS) is 35.1. The molecule has 1 aromatic rings. The van der Waals surface area contributed by atoms with E-state index in [4.69, 9.17) is 0 Å². The molecule has 0 saturated carbocycles. The molecule has 0 radical (unpaired) electrons. The number of rotatable bonds is 2. The minimum Gasteiger partial charge on any atom is -0.367 e. The van der Waals surface area contributed by atoms with Crippen LogP contribution in [0, 0.1) is 11.3 Å². The van der Waals surface area contributed by atoms with Gasteiger partial charge < -0.3 is 10.2 Å². The lowest BCUT2D eigenvalue weighted by molar-refractivity contribution is 0.146. The van der Waals surface area contributed by atoms with Gasteiger partial charge in [-0.05, 0) is 44.9 Å². The minimum atomic E-state index is -0.375. The molecule has 3 nitrogen and oxygen atoms in total. The highest BCUT2D eigenvalue weighted by molar-refractivity contribution is 5.48. The summed E-state index contributed by atoms with van der Waals surface area (Å²) in [4.78, 5) is 2.46. The van der Waals surface area contributed by atoms with Crippen LogP contribution in [0.3, 0.4) is 0 Å². The molecule has 0 aromatic heterocycles. The second kappa shape index (κ2) is 4.29. The fraction of sp³-hybridized carbons (Fsp3) is 0.533. The molecule has 0 amide bonds. The summed E-state index contributed by atoms with van der Waals surface area (Å²) >= 11 is 0. The smallest absolute Gasteiger partial charge is 0.128 e. The Morgan fingerprint density at radius 1 is 1.22 bits per heavy atom. The average molecular weight is 241 g/mol. The Kier molecular flexibility index (Phi) is 2.76. The first kappa shape index (κ1) is 11.6. The van der Waals surface area contributed by atoms with Crippen molar-refractivity contribution < 1.29 is 0 Å². The van der Waals surface area contributed by atoms with E-state index in [1.807, 2.05) is 30.3 Å². The third-order valence-electron chi connectivity index (χ3n) is 4.52. The third kappa shape index (κ3) is 1.87. The van der Waals surface area contributed by atoms with Crippen LogP contribution < -0.4 is 5.32 Å². The van der Waals surface area contributed by atoms with Gasteiger partial charge in [0.25, 0.3) is 0 Å². The highest BCUT2D eigenvalue weighted by Crippen LogP contribution is 2.41. The van der Waals surface area contributed by atoms with Crippen molar-refractivity contribution in [2.24, 2.45) is 0 Å². The van der Waals surface area contributed by atoms with Crippen molar-refractivity contribution in [3.05, 3.63) is 30.3 Å². The zero-order chi connectivity index (χ0) is 12.6. The number of nitrogens with zero attached hydrogens (tertiary/aromatic N) is 2. The van der Waals surface area contributed by atoms with Crippen LogP contribution in [0.15, 0.2) is 30.3 Å². The molecule has 3 heteroatoms. The first-order valence-corrected chi connectivity index (χ1v) is 6.69. The summed E-state index contributed by atoms with van der Waals surface area (Å²) in [6.07, 6.45) is 4.35. The van der Waals surface area contributed by atoms with Gasteiger partial charge in [0.2, 0.25) is 0 Å². The molecule has 2 atom stereocenters. The van der Waals surface area contributed by atoms with Gasteiger partial charge in [-0.2, -0.15) is 5.26 Å². The number of anilines is 1. The van der Waals surface area contributed by atoms with Gasteiger partial charge in [-0.25, -0.2) is 0 Å². The predicted molar refractivity (Wildman–Crippen MR) is 72.2 cm³/mol.